The second-order valence-corrected chi connectivity index (χ2v) is 7.25. The normalized spacial score (nSPS) is 38.1. The Morgan fingerprint density at radius 2 is 1.81 bits per heavy atom. The van der Waals surface area contributed by atoms with E-state index in [0.29, 0.717) is 16.9 Å². The van der Waals surface area contributed by atoms with Crippen LogP contribution in [0.3, 0.4) is 0 Å². The highest BCUT2D eigenvalue weighted by Gasteiger charge is 2.45. The van der Waals surface area contributed by atoms with Gasteiger partial charge < -0.3 is 5.32 Å². The Hall–Kier alpha value is -0.0800. The van der Waals surface area contributed by atoms with Crippen LogP contribution in [0.2, 0.25) is 0 Å². The maximum Gasteiger partial charge on any atom is 0.0271 e. The lowest BCUT2D eigenvalue weighted by Gasteiger charge is -2.35. The lowest BCUT2D eigenvalue weighted by atomic mass is 9.86. The Labute approximate surface area is 101 Å². The van der Waals surface area contributed by atoms with Gasteiger partial charge in [0.2, 0.25) is 0 Å². The van der Waals surface area contributed by atoms with Gasteiger partial charge in [-0.2, -0.15) is 0 Å². The van der Waals surface area contributed by atoms with Gasteiger partial charge in [-0.05, 0) is 43.7 Å². The maximum atomic E-state index is 3.57. The fraction of sp³-hybridized carbons (Fsp3) is 1.00. The molecule has 1 saturated carbocycles. The van der Waals surface area contributed by atoms with E-state index in [1.165, 1.54) is 32.4 Å². The fourth-order valence-electron chi connectivity index (χ4n) is 3.78. The molecule has 2 aliphatic rings. The number of hydrogen-bond donors (Lipinski definition) is 1. The van der Waals surface area contributed by atoms with Gasteiger partial charge in [-0.15, -0.1) is 0 Å². The molecule has 0 aromatic rings. The van der Waals surface area contributed by atoms with Crippen molar-refractivity contribution in [2.45, 2.75) is 59.0 Å². The van der Waals surface area contributed by atoms with Crippen LogP contribution in [0.1, 0.15) is 47.0 Å². The first kappa shape index (κ1) is 12.4. The molecular formula is C14H28N2. The van der Waals surface area contributed by atoms with Crippen LogP contribution < -0.4 is 5.32 Å². The Bertz CT molecular complexity index is 257. The van der Waals surface area contributed by atoms with Crippen molar-refractivity contribution in [2.24, 2.45) is 10.8 Å². The summed E-state index contributed by atoms with van der Waals surface area (Å²) in [6, 6.07) is 1.43. The van der Waals surface area contributed by atoms with E-state index >= 15 is 0 Å². The van der Waals surface area contributed by atoms with E-state index < -0.39 is 0 Å². The standard InChI is InChI=1S/C14H28N2/c1-13(2)8-9-16(10-13)11-6-7-14(3,4)12(11)15-5/h11-12,15H,6-10H2,1-5H3. The SMILES string of the molecule is CNC1C(N2CCC(C)(C)C2)CCC1(C)C. The number of likely N-dealkylation sites (N-methyl/N-ethyl adjacent to an activating group) is 1. The molecule has 1 aliphatic heterocycles. The number of nitrogens with one attached hydrogen (secondary N) is 1. The molecule has 1 N–H and O–H groups in total. The van der Waals surface area contributed by atoms with E-state index in [1.807, 2.05) is 0 Å². The summed E-state index contributed by atoms with van der Waals surface area (Å²) in [6.45, 7) is 12.2. The molecular weight excluding hydrogens is 196 g/mol. The first-order valence-corrected chi connectivity index (χ1v) is 6.77. The van der Waals surface area contributed by atoms with Crippen molar-refractivity contribution in [1.29, 1.82) is 0 Å². The second kappa shape index (κ2) is 3.99. The third kappa shape index (κ3) is 2.14. The van der Waals surface area contributed by atoms with Crippen LogP contribution in [0.5, 0.6) is 0 Å². The molecule has 2 unspecified atom stereocenters. The lowest BCUT2D eigenvalue weighted by Crippen LogP contribution is -2.50. The van der Waals surface area contributed by atoms with Gasteiger partial charge >= 0.3 is 0 Å². The Morgan fingerprint density at radius 1 is 1.12 bits per heavy atom. The molecule has 0 amide bonds. The molecule has 0 aromatic carbocycles. The highest BCUT2D eigenvalue weighted by Crippen LogP contribution is 2.42. The van der Waals surface area contributed by atoms with Crippen LogP contribution in [-0.4, -0.2) is 37.1 Å². The summed E-state index contributed by atoms with van der Waals surface area (Å²) in [4.78, 5) is 2.73. The topological polar surface area (TPSA) is 15.3 Å². The fourth-order valence-corrected chi connectivity index (χ4v) is 3.78. The molecule has 0 aromatic heterocycles. The van der Waals surface area contributed by atoms with Crippen LogP contribution >= 0.6 is 0 Å². The van der Waals surface area contributed by atoms with Gasteiger partial charge in [-0.1, -0.05) is 27.7 Å². The zero-order chi connectivity index (χ0) is 12.0. The largest absolute Gasteiger partial charge is 0.315 e. The first-order valence-electron chi connectivity index (χ1n) is 6.77. The average Bonchev–Trinajstić information content (AvgIpc) is 2.65. The summed E-state index contributed by atoms with van der Waals surface area (Å²) in [5.74, 6) is 0. The van der Waals surface area contributed by atoms with E-state index in [-0.39, 0.29) is 0 Å². The molecule has 2 heteroatoms. The summed E-state index contributed by atoms with van der Waals surface area (Å²) >= 11 is 0. The summed E-state index contributed by atoms with van der Waals surface area (Å²) in [5.41, 5.74) is 0.997. The molecule has 1 aliphatic carbocycles. The quantitative estimate of drug-likeness (QED) is 0.775. The number of nitrogens with zero attached hydrogens (tertiary/aromatic N) is 1. The molecule has 94 valence electrons. The Morgan fingerprint density at radius 3 is 2.31 bits per heavy atom. The highest BCUT2D eigenvalue weighted by molar-refractivity contribution is 5.02. The summed E-state index contributed by atoms with van der Waals surface area (Å²) in [7, 11) is 2.13. The molecule has 0 radical (unpaired) electrons. The summed E-state index contributed by atoms with van der Waals surface area (Å²) in [5, 5.41) is 3.57. The van der Waals surface area contributed by atoms with Crippen molar-refractivity contribution < 1.29 is 0 Å². The summed E-state index contributed by atoms with van der Waals surface area (Å²) in [6.07, 6.45) is 4.09. The van der Waals surface area contributed by atoms with Crippen molar-refractivity contribution in [3.63, 3.8) is 0 Å². The first-order chi connectivity index (χ1) is 7.36. The van der Waals surface area contributed by atoms with Gasteiger partial charge in [0.25, 0.3) is 0 Å². The van der Waals surface area contributed by atoms with E-state index in [0.717, 1.165) is 6.04 Å². The van der Waals surface area contributed by atoms with Crippen LogP contribution in [0.15, 0.2) is 0 Å². The zero-order valence-corrected chi connectivity index (χ0v) is 11.6. The van der Waals surface area contributed by atoms with E-state index in [2.05, 4.69) is 45.0 Å². The van der Waals surface area contributed by atoms with Gasteiger partial charge in [-0.25, -0.2) is 0 Å². The minimum atomic E-state index is 0.464. The third-order valence-electron chi connectivity index (χ3n) is 4.80. The van der Waals surface area contributed by atoms with Crippen molar-refractivity contribution in [3.8, 4) is 0 Å². The minimum Gasteiger partial charge on any atom is -0.315 e. The smallest absolute Gasteiger partial charge is 0.0271 e. The van der Waals surface area contributed by atoms with Crippen LogP contribution in [0.25, 0.3) is 0 Å². The van der Waals surface area contributed by atoms with Gasteiger partial charge in [-0.3, -0.25) is 4.90 Å². The molecule has 1 saturated heterocycles. The average molecular weight is 224 g/mol. The molecule has 2 nitrogen and oxygen atoms in total. The van der Waals surface area contributed by atoms with Crippen molar-refractivity contribution >= 4 is 0 Å². The molecule has 2 atom stereocenters. The van der Waals surface area contributed by atoms with Gasteiger partial charge in [0, 0.05) is 18.6 Å². The van der Waals surface area contributed by atoms with Crippen LogP contribution in [0, 0.1) is 10.8 Å². The predicted octanol–water partition coefficient (Wildman–Crippen LogP) is 2.49. The van der Waals surface area contributed by atoms with E-state index in [1.54, 1.807) is 0 Å². The maximum absolute atomic E-state index is 3.57. The van der Waals surface area contributed by atoms with E-state index in [9.17, 15) is 0 Å². The molecule has 2 rings (SSSR count). The highest BCUT2D eigenvalue weighted by atomic mass is 15.2. The minimum absolute atomic E-state index is 0.464. The van der Waals surface area contributed by atoms with Crippen molar-refractivity contribution in [1.82, 2.24) is 10.2 Å². The van der Waals surface area contributed by atoms with E-state index in [4.69, 9.17) is 0 Å². The van der Waals surface area contributed by atoms with Gasteiger partial charge in [0.15, 0.2) is 0 Å². The molecule has 0 bridgehead atoms. The molecule has 16 heavy (non-hydrogen) atoms. The van der Waals surface area contributed by atoms with Crippen LogP contribution in [-0.2, 0) is 0 Å². The number of likely N-dealkylation sites (tertiary alicyclic amines) is 1. The second-order valence-electron chi connectivity index (χ2n) is 7.25. The number of hydrogen-bond acceptors (Lipinski definition) is 2. The Balaban J connectivity index is 2.06. The number of rotatable bonds is 2. The van der Waals surface area contributed by atoms with Gasteiger partial charge in [0.05, 0.1) is 0 Å². The van der Waals surface area contributed by atoms with Crippen molar-refractivity contribution in [3.05, 3.63) is 0 Å². The Kier molecular flexibility index (Phi) is 3.09. The predicted molar refractivity (Wildman–Crippen MR) is 69.6 cm³/mol. The summed E-state index contributed by atoms with van der Waals surface area (Å²) < 4.78 is 0. The van der Waals surface area contributed by atoms with Crippen molar-refractivity contribution in [2.75, 3.05) is 20.1 Å². The monoisotopic (exact) mass is 224 g/mol. The molecule has 1 heterocycles. The zero-order valence-electron chi connectivity index (χ0n) is 11.6. The third-order valence-corrected chi connectivity index (χ3v) is 4.80. The van der Waals surface area contributed by atoms with Gasteiger partial charge in [0.1, 0.15) is 0 Å². The van der Waals surface area contributed by atoms with Crippen LogP contribution in [0.4, 0.5) is 0 Å². The lowest BCUT2D eigenvalue weighted by molar-refractivity contribution is 0.164. The molecule has 0 spiro atoms. The molecule has 2 fully saturated rings.